The van der Waals surface area contributed by atoms with Crippen molar-refractivity contribution in [2.75, 3.05) is 13.2 Å². The summed E-state index contributed by atoms with van der Waals surface area (Å²) >= 11 is 0. The summed E-state index contributed by atoms with van der Waals surface area (Å²) in [5.41, 5.74) is 0. The van der Waals surface area contributed by atoms with E-state index >= 15 is 0 Å². The van der Waals surface area contributed by atoms with E-state index < -0.39 is 28.8 Å². The van der Waals surface area contributed by atoms with Gasteiger partial charge in [-0.3, -0.25) is 0 Å². The van der Waals surface area contributed by atoms with Crippen molar-refractivity contribution in [3.05, 3.63) is 0 Å². The number of rotatable bonds is 7. The van der Waals surface area contributed by atoms with Crippen LogP contribution in [0.1, 0.15) is 0 Å². The average molecular weight is 266 g/mol. The van der Waals surface area contributed by atoms with Crippen LogP contribution in [0, 0.1) is 0 Å². The third-order valence-corrected chi connectivity index (χ3v) is 3.88. The van der Waals surface area contributed by atoms with E-state index in [0.29, 0.717) is 0 Å². The first-order valence-electron chi connectivity index (χ1n) is 5.65. The molecular formula is C10H26O4Si2. The highest BCUT2D eigenvalue weighted by atomic mass is 28.4. The van der Waals surface area contributed by atoms with E-state index in [9.17, 15) is 10.2 Å². The van der Waals surface area contributed by atoms with Gasteiger partial charge in [0.15, 0.2) is 16.6 Å². The van der Waals surface area contributed by atoms with Gasteiger partial charge in [-0.2, -0.15) is 0 Å². The predicted octanol–water partition coefficient (Wildman–Crippen LogP) is 1.41. The Morgan fingerprint density at radius 3 is 1.19 bits per heavy atom. The maximum Gasteiger partial charge on any atom is 0.183 e. The minimum absolute atomic E-state index is 0.186. The van der Waals surface area contributed by atoms with Crippen molar-refractivity contribution < 1.29 is 19.1 Å². The summed E-state index contributed by atoms with van der Waals surface area (Å²) in [5.74, 6) is 0. The predicted molar refractivity (Wildman–Crippen MR) is 70.6 cm³/mol. The van der Waals surface area contributed by atoms with E-state index in [0.717, 1.165) is 0 Å². The Morgan fingerprint density at radius 2 is 1.00 bits per heavy atom. The van der Waals surface area contributed by atoms with Crippen LogP contribution < -0.4 is 0 Å². The summed E-state index contributed by atoms with van der Waals surface area (Å²) in [7, 11) is -3.26. The molecule has 2 N–H and O–H groups in total. The number of hydrogen-bond acceptors (Lipinski definition) is 4. The van der Waals surface area contributed by atoms with Crippen molar-refractivity contribution in [3.8, 4) is 0 Å². The molecular weight excluding hydrogens is 240 g/mol. The molecule has 4 nitrogen and oxygen atoms in total. The molecule has 0 radical (unpaired) electrons. The SMILES string of the molecule is C[Si](C)(C)OC[C@@H](O)[C@@H](O)CO[Si](C)(C)C. The Morgan fingerprint density at radius 1 is 0.750 bits per heavy atom. The number of aliphatic hydroxyl groups excluding tert-OH is 2. The van der Waals surface area contributed by atoms with E-state index in [2.05, 4.69) is 0 Å². The van der Waals surface area contributed by atoms with Gasteiger partial charge in [0, 0.05) is 0 Å². The lowest BCUT2D eigenvalue weighted by molar-refractivity contribution is -0.0317. The molecule has 0 aromatic rings. The highest BCUT2D eigenvalue weighted by Crippen LogP contribution is 2.08. The summed E-state index contributed by atoms with van der Waals surface area (Å²) in [4.78, 5) is 0. The van der Waals surface area contributed by atoms with Gasteiger partial charge >= 0.3 is 0 Å². The largest absolute Gasteiger partial charge is 0.415 e. The van der Waals surface area contributed by atoms with Crippen LogP contribution in [0.25, 0.3) is 0 Å². The van der Waals surface area contributed by atoms with E-state index in [1.807, 2.05) is 39.3 Å². The van der Waals surface area contributed by atoms with Gasteiger partial charge in [-0.1, -0.05) is 0 Å². The monoisotopic (exact) mass is 266 g/mol. The topological polar surface area (TPSA) is 58.9 Å². The minimum atomic E-state index is -1.63. The summed E-state index contributed by atoms with van der Waals surface area (Å²) in [5, 5.41) is 19.3. The highest BCUT2D eigenvalue weighted by Gasteiger charge is 2.23. The lowest BCUT2D eigenvalue weighted by Gasteiger charge is -2.25. The molecule has 0 amide bonds. The fraction of sp³-hybridized carbons (Fsp3) is 1.00. The Bertz CT molecular complexity index is 176. The molecule has 16 heavy (non-hydrogen) atoms. The lowest BCUT2D eigenvalue weighted by atomic mass is 10.2. The minimum Gasteiger partial charge on any atom is -0.415 e. The average Bonchev–Trinajstić information content (AvgIpc) is 2.07. The van der Waals surface area contributed by atoms with Crippen molar-refractivity contribution in [3.63, 3.8) is 0 Å². The van der Waals surface area contributed by atoms with Crippen molar-refractivity contribution in [2.24, 2.45) is 0 Å². The third kappa shape index (κ3) is 9.50. The lowest BCUT2D eigenvalue weighted by Crippen LogP contribution is -2.41. The summed E-state index contributed by atoms with van der Waals surface area (Å²) in [6, 6.07) is 0. The van der Waals surface area contributed by atoms with Gasteiger partial charge in [-0.05, 0) is 39.3 Å². The van der Waals surface area contributed by atoms with Crippen LogP contribution in [-0.4, -0.2) is 52.3 Å². The van der Waals surface area contributed by atoms with E-state index in [-0.39, 0.29) is 13.2 Å². The Labute approximate surface area is 101 Å². The number of hydrogen-bond donors (Lipinski definition) is 2. The van der Waals surface area contributed by atoms with E-state index in [1.54, 1.807) is 0 Å². The Kier molecular flexibility index (Phi) is 6.38. The summed E-state index contributed by atoms with van der Waals surface area (Å²) < 4.78 is 11.1. The molecule has 0 saturated carbocycles. The zero-order valence-corrected chi connectivity index (χ0v) is 13.3. The third-order valence-electron chi connectivity index (χ3n) is 1.82. The van der Waals surface area contributed by atoms with Crippen LogP contribution in [0.4, 0.5) is 0 Å². The van der Waals surface area contributed by atoms with Gasteiger partial charge < -0.3 is 19.1 Å². The molecule has 2 atom stereocenters. The van der Waals surface area contributed by atoms with Crippen LogP contribution in [-0.2, 0) is 8.85 Å². The van der Waals surface area contributed by atoms with Crippen LogP contribution in [0.5, 0.6) is 0 Å². The molecule has 0 unspecified atom stereocenters. The second-order valence-electron chi connectivity index (χ2n) is 5.98. The van der Waals surface area contributed by atoms with Gasteiger partial charge in [0.25, 0.3) is 0 Å². The summed E-state index contributed by atoms with van der Waals surface area (Å²) in [6.07, 6.45) is -1.72. The van der Waals surface area contributed by atoms with Crippen molar-refractivity contribution in [1.82, 2.24) is 0 Å². The normalized spacial score (nSPS) is 17.2. The molecule has 0 bridgehead atoms. The first-order valence-corrected chi connectivity index (χ1v) is 12.5. The molecule has 0 fully saturated rings. The van der Waals surface area contributed by atoms with Crippen molar-refractivity contribution in [2.45, 2.75) is 51.5 Å². The molecule has 0 heterocycles. The van der Waals surface area contributed by atoms with Crippen molar-refractivity contribution in [1.29, 1.82) is 0 Å². The molecule has 0 aliphatic rings. The fourth-order valence-corrected chi connectivity index (χ4v) is 2.23. The molecule has 0 aliphatic carbocycles. The van der Waals surface area contributed by atoms with Crippen LogP contribution in [0.2, 0.25) is 39.3 Å². The molecule has 6 heteroatoms. The summed E-state index contributed by atoms with van der Waals surface area (Å²) in [6.45, 7) is 12.7. The second-order valence-corrected chi connectivity index (χ2v) is 15.0. The van der Waals surface area contributed by atoms with Crippen LogP contribution in [0.15, 0.2) is 0 Å². The van der Waals surface area contributed by atoms with Gasteiger partial charge in [0.1, 0.15) is 12.2 Å². The second kappa shape index (κ2) is 6.27. The molecule has 0 saturated heterocycles. The number of aliphatic hydroxyl groups is 2. The van der Waals surface area contributed by atoms with Crippen molar-refractivity contribution >= 4 is 16.6 Å². The van der Waals surface area contributed by atoms with Gasteiger partial charge in [0.05, 0.1) is 13.2 Å². The maximum absolute atomic E-state index is 9.66. The van der Waals surface area contributed by atoms with E-state index in [4.69, 9.17) is 8.85 Å². The maximum atomic E-state index is 9.66. The first-order chi connectivity index (χ1) is 7.01. The highest BCUT2D eigenvalue weighted by molar-refractivity contribution is 6.70. The van der Waals surface area contributed by atoms with Gasteiger partial charge in [-0.25, -0.2) is 0 Å². The molecule has 0 aromatic heterocycles. The quantitative estimate of drug-likeness (QED) is 0.684. The fourth-order valence-electron chi connectivity index (χ4n) is 0.893. The van der Waals surface area contributed by atoms with Crippen LogP contribution >= 0.6 is 0 Å². The molecule has 98 valence electrons. The standard InChI is InChI=1S/C10H26O4Si2/c1-15(2,3)13-7-9(11)10(12)8-14-16(4,5)6/h9-12H,7-8H2,1-6H3/t9-,10+. The van der Waals surface area contributed by atoms with Gasteiger partial charge in [0.2, 0.25) is 0 Å². The molecule has 0 aliphatic heterocycles. The van der Waals surface area contributed by atoms with E-state index in [1.165, 1.54) is 0 Å². The zero-order chi connectivity index (χ0) is 13.0. The molecule has 0 spiro atoms. The first kappa shape index (κ1) is 16.3. The smallest absolute Gasteiger partial charge is 0.183 e. The Balaban J connectivity index is 3.86. The molecule has 0 aromatic carbocycles. The van der Waals surface area contributed by atoms with Crippen LogP contribution in [0.3, 0.4) is 0 Å². The molecule has 0 rings (SSSR count). The Hall–Kier alpha value is 0.274. The van der Waals surface area contributed by atoms with Gasteiger partial charge in [-0.15, -0.1) is 0 Å². The zero-order valence-electron chi connectivity index (χ0n) is 11.3.